The number of carbonyl (C=O) groups excluding carboxylic acids is 1. The average Bonchev–Trinajstić information content (AvgIpc) is 3.26. The van der Waals surface area contributed by atoms with E-state index in [1.807, 2.05) is 0 Å². The summed E-state index contributed by atoms with van der Waals surface area (Å²) in [7, 11) is 0. The normalized spacial score (nSPS) is 10.8. The maximum Gasteiger partial charge on any atom is 0.341 e. The molecule has 12 heteroatoms. The van der Waals surface area contributed by atoms with E-state index in [4.69, 9.17) is 21.4 Å². The topological polar surface area (TPSA) is 142 Å². The molecule has 2 heterocycles. The highest BCUT2D eigenvalue weighted by Crippen LogP contribution is 2.21. The zero-order valence-corrected chi connectivity index (χ0v) is 18.3. The minimum Gasteiger partial charge on any atom is -0.482 e. The van der Waals surface area contributed by atoms with E-state index < -0.39 is 24.3 Å². The molecule has 1 amide bonds. The molecule has 0 fully saturated rings. The highest BCUT2D eigenvalue weighted by atomic mass is 35.5. The van der Waals surface area contributed by atoms with Crippen molar-refractivity contribution in [1.82, 2.24) is 25.5 Å². The van der Waals surface area contributed by atoms with Crippen molar-refractivity contribution in [3.63, 3.8) is 0 Å². The van der Waals surface area contributed by atoms with Gasteiger partial charge < -0.3 is 20.5 Å². The summed E-state index contributed by atoms with van der Waals surface area (Å²) in [5.41, 5.74) is 2.43. The Bertz CT molecular complexity index is 1350. The second kappa shape index (κ2) is 10.1. The van der Waals surface area contributed by atoms with E-state index in [9.17, 15) is 14.0 Å². The summed E-state index contributed by atoms with van der Waals surface area (Å²) >= 11 is 5.78. The maximum atomic E-state index is 13.3. The molecule has 2 aromatic carbocycles. The van der Waals surface area contributed by atoms with E-state index in [2.05, 4.69) is 30.8 Å². The van der Waals surface area contributed by atoms with Gasteiger partial charge in [0, 0.05) is 13.1 Å². The summed E-state index contributed by atoms with van der Waals surface area (Å²) in [6.07, 6.45) is 1.27. The number of amides is 1. The third-order valence-electron chi connectivity index (χ3n) is 4.75. The van der Waals surface area contributed by atoms with Gasteiger partial charge in [-0.1, -0.05) is 29.8 Å². The Hall–Kier alpha value is -4.25. The van der Waals surface area contributed by atoms with E-state index >= 15 is 0 Å². The number of nitrogens with zero attached hydrogens (tertiary/aromatic N) is 3. The van der Waals surface area contributed by atoms with Crippen molar-refractivity contribution in [2.75, 3.05) is 11.9 Å². The van der Waals surface area contributed by atoms with Crippen LogP contribution in [-0.4, -0.2) is 43.8 Å². The second-order valence-electron chi connectivity index (χ2n) is 7.13. The van der Waals surface area contributed by atoms with Gasteiger partial charge in [-0.25, -0.2) is 19.2 Å². The average molecular weight is 485 g/mol. The van der Waals surface area contributed by atoms with Crippen LogP contribution in [0.5, 0.6) is 5.75 Å². The number of nitrogens with one attached hydrogen (secondary N) is 3. The first-order valence-electron chi connectivity index (χ1n) is 9.99. The number of halogens is 2. The van der Waals surface area contributed by atoms with Crippen LogP contribution in [0.4, 0.5) is 10.2 Å². The summed E-state index contributed by atoms with van der Waals surface area (Å²) in [6.45, 7) is 0.121. The van der Waals surface area contributed by atoms with Crippen LogP contribution in [0.15, 0.2) is 48.8 Å². The molecule has 174 valence electrons. The molecule has 4 aromatic rings. The minimum absolute atomic E-state index is 0.0251. The standard InChI is InChI=1S/C22H18ClFN6O4/c23-15-7-13(3-6-16(15)24)9-26-22(33)20-18-19(27-11-28-20)21(30-29-18)25-8-12-1-4-14(5-2-12)34-10-17(31)32/h1-7,11H,8-10H2,(H,26,33)(H,31,32)(H2,25,29,30). The SMILES string of the molecule is O=C(O)COc1ccc(CNc2n[nH]c3c(C(=O)NCc4ccc(F)c(Cl)c4)ncnc23)cc1. The Kier molecular flexibility index (Phi) is 6.83. The van der Waals surface area contributed by atoms with Gasteiger partial charge in [0.05, 0.1) is 5.02 Å². The molecule has 10 nitrogen and oxygen atoms in total. The molecule has 0 aliphatic rings. The number of rotatable bonds is 9. The number of fused-ring (bicyclic) bond motifs is 1. The molecule has 0 aliphatic carbocycles. The fourth-order valence-corrected chi connectivity index (χ4v) is 3.28. The molecule has 0 saturated carbocycles. The molecule has 34 heavy (non-hydrogen) atoms. The van der Waals surface area contributed by atoms with Gasteiger partial charge in [-0.15, -0.1) is 0 Å². The van der Waals surface area contributed by atoms with Crippen LogP contribution < -0.4 is 15.4 Å². The molecule has 0 unspecified atom stereocenters. The number of ether oxygens (including phenoxy) is 1. The Morgan fingerprint density at radius 3 is 2.59 bits per heavy atom. The summed E-state index contributed by atoms with van der Waals surface area (Å²) in [5.74, 6) is -1.16. The number of aromatic amines is 1. The number of carboxylic acid groups (broad SMARTS) is 1. The molecule has 0 radical (unpaired) electrons. The lowest BCUT2D eigenvalue weighted by atomic mass is 10.2. The fourth-order valence-electron chi connectivity index (χ4n) is 3.08. The van der Waals surface area contributed by atoms with Crippen LogP contribution in [-0.2, 0) is 17.9 Å². The van der Waals surface area contributed by atoms with Crippen molar-refractivity contribution in [2.45, 2.75) is 13.1 Å². The zero-order valence-electron chi connectivity index (χ0n) is 17.5. The number of anilines is 1. The second-order valence-corrected chi connectivity index (χ2v) is 7.54. The first-order valence-corrected chi connectivity index (χ1v) is 10.4. The number of H-pyrrole nitrogens is 1. The number of carbonyl (C=O) groups is 2. The fraction of sp³-hybridized carbons (Fsp3) is 0.136. The van der Waals surface area contributed by atoms with Crippen molar-refractivity contribution in [1.29, 1.82) is 0 Å². The van der Waals surface area contributed by atoms with Crippen LogP contribution in [0.2, 0.25) is 5.02 Å². The third-order valence-corrected chi connectivity index (χ3v) is 5.04. The lowest BCUT2D eigenvalue weighted by Crippen LogP contribution is -2.24. The molecular weight excluding hydrogens is 467 g/mol. The Balaban J connectivity index is 1.41. The molecular formula is C22H18ClFN6O4. The van der Waals surface area contributed by atoms with E-state index in [1.54, 1.807) is 24.3 Å². The lowest BCUT2D eigenvalue weighted by molar-refractivity contribution is -0.139. The van der Waals surface area contributed by atoms with Gasteiger partial charge in [0.2, 0.25) is 0 Å². The molecule has 0 spiro atoms. The number of carboxylic acids is 1. The van der Waals surface area contributed by atoms with E-state index in [1.165, 1.54) is 24.5 Å². The van der Waals surface area contributed by atoms with Crippen molar-refractivity contribution < 1.29 is 23.8 Å². The van der Waals surface area contributed by atoms with Crippen molar-refractivity contribution in [2.24, 2.45) is 0 Å². The Morgan fingerprint density at radius 2 is 1.85 bits per heavy atom. The van der Waals surface area contributed by atoms with Crippen LogP contribution in [0.1, 0.15) is 21.6 Å². The highest BCUT2D eigenvalue weighted by molar-refractivity contribution is 6.30. The Labute approximate surface area is 197 Å². The molecule has 4 N–H and O–H groups in total. The molecule has 2 aromatic heterocycles. The summed E-state index contributed by atoms with van der Waals surface area (Å²) in [6, 6.07) is 11.1. The van der Waals surface area contributed by atoms with E-state index in [-0.39, 0.29) is 17.3 Å². The number of aliphatic carboxylic acids is 1. The first-order chi connectivity index (χ1) is 16.4. The van der Waals surface area contributed by atoms with Gasteiger partial charge in [-0.3, -0.25) is 9.89 Å². The monoisotopic (exact) mass is 484 g/mol. The molecule has 0 bridgehead atoms. The highest BCUT2D eigenvalue weighted by Gasteiger charge is 2.17. The van der Waals surface area contributed by atoms with E-state index in [0.29, 0.717) is 34.7 Å². The Morgan fingerprint density at radius 1 is 1.09 bits per heavy atom. The minimum atomic E-state index is -1.05. The summed E-state index contributed by atoms with van der Waals surface area (Å²) in [5, 5.41) is 21.5. The predicted octanol–water partition coefficient (Wildman–Crippen LogP) is 3.15. The predicted molar refractivity (Wildman–Crippen MR) is 121 cm³/mol. The lowest BCUT2D eigenvalue weighted by Gasteiger charge is -2.07. The quantitative estimate of drug-likeness (QED) is 0.284. The molecule has 0 atom stereocenters. The molecule has 0 saturated heterocycles. The van der Waals surface area contributed by atoms with Crippen LogP contribution in [0.25, 0.3) is 11.0 Å². The first kappa shape index (κ1) is 22.9. The maximum absolute atomic E-state index is 13.3. The van der Waals surface area contributed by atoms with Crippen molar-refractivity contribution in [3.05, 3.63) is 76.5 Å². The van der Waals surface area contributed by atoms with Gasteiger partial charge >= 0.3 is 5.97 Å². The van der Waals surface area contributed by atoms with Gasteiger partial charge in [0.15, 0.2) is 18.1 Å². The van der Waals surface area contributed by atoms with Gasteiger partial charge in [-0.2, -0.15) is 5.10 Å². The molecule has 0 aliphatic heterocycles. The van der Waals surface area contributed by atoms with Crippen molar-refractivity contribution in [3.8, 4) is 5.75 Å². The van der Waals surface area contributed by atoms with E-state index in [0.717, 1.165) is 5.56 Å². The summed E-state index contributed by atoms with van der Waals surface area (Å²) in [4.78, 5) is 31.5. The number of aromatic nitrogens is 4. The van der Waals surface area contributed by atoms with Gasteiger partial charge in [0.25, 0.3) is 5.91 Å². The third kappa shape index (κ3) is 5.38. The van der Waals surface area contributed by atoms with Gasteiger partial charge in [-0.05, 0) is 35.4 Å². The zero-order chi connectivity index (χ0) is 24.1. The van der Waals surface area contributed by atoms with Crippen LogP contribution in [0.3, 0.4) is 0 Å². The van der Waals surface area contributed by atoms with Crippen LogP contribution >= 0.6 is 11.6 Å². The number of benzene rings is 2. The number of hydrogen-bond donors (Lipinski definition) is 4. The number of hydrogen-bond acceptors (Lipinski definition) is 7. The molecule has 4 rings (SSSR count). The van der Waals surface area contributed by atoms with Gasteiger partial charge in [0.1, 0.15) is 28.9 Å². The largest absolute Gasteiger partial charge is 0.482 e. The summed E-state index contributed by atoms with van der Waals surface area (Å²) < 4.78 is 18.4. The van der Waals surface area contributed by atoms with Crippen molar-refractivity contribution >= 4 is 40.3 Å². The smallest absolute Gasteiger partial charge is 0.341 e. The van der Waals surface area contributed by atoms with Crippen LogP contribution in [0, 0.1) is 5.82 Å².